The Morgan fingerprint density at radius 2 is 0.500 bits per heavy atom. The maximum absolute atomic E-state index is 13.1. The second-order valence-electron chi connectivity index (χ2n) is 27.4. The molecule has 0 aromatic carbocycles. The average Bonchev–Trinajstić information content (AvgIpc) is 1.22. The molecule has 0 spiro atoms. The van der Waals surface area contributed by atoms with Gasteiger partial charge in [-0.15, -0.1) is 0 Å². The number of esters is 4. The minimum atomic E-state index is -4.99. The number of aliphatic hydroxyl groups excluding tert-OH is 1. The van der Waals surface area contributed by atoms with Crippen LogP contribution in [0.3, 0.4) is 0 Å². The Morgan fingerprint density at radius 1 is 0.280 bits per heavy atom. The second kappa shape index (κ2) is 74.0. The summed E-state index contributed by atoms with van der Waals surface area (Å²) in [6, 6.07) is 0. The van der Waals surface area contributed by atoms with E-state index in [9.17, 15) is 43.2 Å². The maximum atomic E-state index is 13.1. The number of hydrogen-bond donors (Lipinski definition) is 3. The van der Waals surface area contributed by atoms with Crippen LogP contribution in [0.2, 0.25) is 0 Å². The molecule has 3 N–H and O–H groups in total. The van der Waals surface area contributed by atoms with Crippen molar-refractivity contribution < 1.29 is 80.2 Å². The number of ether oxygens (including phenoxy) is 4. The third-order valence-corrected chi connectivity index (χ3v) is 19.4. The number of hydrogen-bond acceptors (Lipinski definition) is 15. The molecule has 0 fully saturated rings. The molecular formula is C81H148O17P2. The van der Waals surface area contributed by atoms with E-state index in [1.807, 2.05) is 12.2 Å². The molecule has 0 aromatic rings. The first kappa shape index (κ1) is 96.8. The lowest BCUT2D eigenvalue weighted by Crippen LogP contribution is -2.30. The van der Waals surface area contributed by atoms with Crippen molar-refractivity contribution in [3.63, 3.8) is 0 Å². The lowest BCUT2D eigenvalue weighted by molar-refractivity contribution is -0.161. The van der Waals surface area contributed by atoms with Gasteiger partial charge in [0.05, 0.1) is 26.4 Å². The second-order valence-corrected chi connectivity index (χ2v) is 30.3. The van der Waals surface area contributed by atoms with E-state index < -0.39 is 97.5 Å². The zero-order valence-corrected chi connectivity index (χ0v) is 65.7. The molecule has 0 aliphatic rings. The summed E-state index contributed by atoms with van der Waals surface area (Å²) in [5, 5.41) is 10.6. The minimum Gasteiger partial charge on any atom is -0.462 e. The van der Waals surface area contributed by atoms with Crippen molar-refractivity contribution >= 4 is 39.5 Å². The third kappa shape index (κ3) is 73.1. The highest BCUT2D eigenvalue weighted by Gasteiger charge is 2.30. The molecule has 0 aliphatic heterocycles. The Morgan fingerprint density at radius 3 is 0.820 bits per heavy atom. The highest BCUT2D eigenvalue weighted by Crippen LogP contribution is 2.45. The maximum Gasteiger partial charge on any atom is 0.472 e. The number of carbonyl (C=O) groups is 4. The summed E-state index contributed by atoms with van der Waals surface area (Å²) in [4.78, 5) is 73.0. The number of unbranched alkanes of at least 4 members (excludes halogenated alkanes) is 41. The van der Waals surface area contributed by atoms with Gasteiger partial charge in [-0.3, -0.25) is 37.3 Å². The topological polar surface area (TPSA) is 237 Å². The molecule has 5 atom stereocenters. The number of phosphoric acid groups is 2. The predicted molar refractivity (Wildman–Crippen MR) is 409 cm³/mol. The van der Waals surface area contributed by atoms with Crippen molar-refractivity contribution in [3.8, 4) is 0 Å². The van der Waals surface area contributed by atoms with Crippen LogP contribution in [0.4, 0.5) is 0 Å². The summed E-state index contributed by atoms with van der Waals surface area (Å²) >= 11 is 0. The number of allylic oxidation sites excluding steroid dienone is 10. The van der Waals surface area contributed by atoms with Crippen molar-refractivity contribution in [2.75, 3.05) is 39.6 Å². The summed E-state index contributed by atoms with van der Waals surface area (Å²) in [5.74, 6) is -2.21. The van der Waals surface area contributed by atoms with Gasteiger partial charge in [0, 0.05) is 25.7 Å². The van der Waals surface area contributed by atoms with Gasteiger partial charge in [-0.1, -0.05) is 320 Å². The Labute approximate surface area is 610 Å². The first-order valence-corrected chi connectivity index (χ1v) is 43.5. The fraction of sp³-hybridized carbons (Fsp3) is 0.827. The molecule has 17 nitrogen and oxygen atoms in total. The fourth-order valence-electron chi connectivity index (χ4n) is 11.3. The average molecular weight is 1460 g/mol. The summed E-state index contributed by atoms with van der Waals surface area (Å²) in [7, 11) is -9.96. The van der Waals surface area contributed by atoms with Crippen molar-refractivity contribution in [2.45, 2.75) is 393 Å². The van der Waals surface area contributed by atoms with Crippen molar-refractivity contribution in [1.29, 1.82) is 0 Å². The van der Waals surface area contributed by atoms with Crippen LogP contribution in [0.1, 0.15) is 374 Å². The van der Waals surface area contributed by atoms with E-state index in [1.54, 1.807) is 0 Å². The van der Waals surface area contributed by atoms with E-state index in [4.69, 9.17) is 37.0 Å². The van der Waals surface area contributed by atoms with Crippen molar-refractivity contribution in [1.82, 2.24) is 0 Å². The monoisotopic (exact) mass is 1460 g/mol. The van der Waals surface area contributed by atoms with Gasteiger partial charge in [0.25, 0.3) is 0 Å². The van der Waals surface area contributed by atoms with E-state index in [-0.39, 0.29) is 25.7 Å². The molecule has 584 valence electrons. The largest absolute Gasteiger partial charge is 0.472 e. The molecule has 0 amide bonds. The zero-order chi connectivity index (χ0) is 73.2. The van der Waals surface area contributed by atoms with Crippen LogP contribution in [0.25, 0.3) is 0 Å². The lowest BCUT2D eigenvalue weighted by atomic mass is 10.0. The van der Waals surface area contributed by atoms with Crippen LogP contribution in [0.5, 0.6) is 0 Å². The van der Waals surface area contributed by atoms with E-state index in [0.717, 1.165) is 109 Å². The van der Waals surface area contributed by atoms with Gasteiger partial charge in [0.15, 0.2) is 12.2 Å². The Balaban J connectivity index is 5.37. The summed E-state index contributed by atoms with van der Waals surface area (Å²) < 4.78 is 68.6. The van der Waals surface area contributed by atoms with Gasteiger partial charge in [-0.2, -0.15) is 0 Å². The van der Waals surface area contributed by atoms with Gasteiger partial charge in [0.2, 0.25) is 0 Å². The van der Waals surface area contributed by atoms with Gasteiger partial charge < -0.3 is 33.8 Å². The molecule has 100 heavy (non-hydrogen) atoms. The normalized spacial score (nSPS) is 14.2. The van der Waals surface area contributed by atoms with Crippen LogP contribution in [-0.2, 0) is 65.4 Å². The van der Waals surface area contributed by atoms with Crippen molar-refractivity contribution in [2.24, 2.45) is 0 Å². The first-order chi connectivity index (χ1) is 48.7. The van der Waals surface area contributed by atoms with Crippen LogP contribution in [-0.4, -0.2) is 96.7 Å². The summed E-state index contributed by atoms with van der Waals surface area (Å²) in [6.07, 6.45) is 73.4. The molecule has 0 bridgehead atoms. The quantitative estimate of drug-likeness (QED) is 0.0169. The highest BCUT2D eigenvalue weighted by atomic mass is 31.2. The van der Waals surface area contributed by atoms with E-state index >= 15 is 0 Å². The van der Waals surface area contributed by atoms with Gasteiger partial charge in [-0.25, -0.2) is 9.13 Å². The first-order valence-electron chi connectivity index (χ1n) is 40.5. The third-order valence-electron chi connectivity index (χ3n) is 17.5. The van der Waals surface area contributed by atoms with Crippen LogP contribution >= 0.6 is 15.6 Å². The molecule has 0 saturated heterocycles. The number of rotatable bonds is 77. The number of aliphatic hydroxyl groups is 1. The van der Waals surface area contributed by atoms with Crippen LogP contribution in [0, 0.1) is 0 Å². The predicted octanol–water partition coefficient (Wildman–Crippen LogP) is 23.5. The Kier molecular flexibility index (Phi) is 71.6. The molecule has 0 radical (unpaired) electrons. The van der Waals surface area contributed by atoms with E-state index in [0.29, 0.717) is 32.1 Å². The molecule has 2 unspecified atom stereocenters. The molecule has 0 saturated carbocycles. The molecule has 19 heteroatoms. The smallest absolute Gasteiger partial charge is 0.462 e. The van der Waals surface area contributed by atoms with Gasteiger partial charge in [0.1, 0.15) is 19.3 Å². The zero-order valence-electron chi connectivity index (χ0n) is 63.9. The summed E-state index contributed by atoms with van der Waals surface area (Å²) in [6.45, 7) is 4.85. The Hall–Kier alpha value is -3.24. The number of phosphoric ester groups is 2. The van der Waals surface area contributed by atoms with Crippen LogP contribution < -0.4 is 0 Å². The Bertz CT molecular complexity index is 2130. The fourth-order valence-corrected chi connectivity index (χ4v) is 12.8. The van der Waals surface area contributed by atoms with Crippen LogP contribution in [0.15, 0.2) is 60.8 Å². The standard InChI is InChI=1S/C81H148O17P2/c1-5-9-13-17-21-25-29-33-36-37-40-44-48-52-56-60-64-68-81(86)98-77(72-92-79(84)66-62-58-54-50-46-42-38-34-30-26-22-18-14-10-6-2)74-96-100(89,90)94-70-75(82)69-93-99(87,88)95-73-76(71-91-78(83)65-61-57-53-49-45-41-32-28-24-20-16-12-8-4)97-80(85)67-63-59-55-51-47-43-39-35-31-27-23-19-15-11-7-3/h21,25,33-34,36,38,40,44,52,56,75-77,82H,5-20,22-24,26-32,35,37,39,41-43,45-51,53-55,57-74H2,1-4H3,(H,87,88)(H,89,90)/b25-21-,36-33-,38-34-,44-40-,56-52-/t75-,76-,77-/m1/s1. The minimum absolute atomic E-state index is 0.0215. The molecule has 0 rings (SSSR count). The van der Waals surface area contributed by atoms with Gasteiger partial charge in [-0.05, 0) is 89.9 Å². The van der Waals surface area contributed by atoms with E-state index in [2.05, 4.69) is 76.3 Å². The molecular weight excluding hydrogens is 1310 g/mol. The summed E-state index contributed by atoms with van der Waals surface area (Å²) in [5.41, 5.74) is 0. The van der Waals surface area contributed by atoms with Gasteiger partial charge >= 0.3 is 39.5 Å². The SMILES string of the molecule is CCCCC/C=C\C/C=C\C/C=C\C/C=C\CCCC(=O)O[C@H](COC(=O)CCCCCCC/C=C\CCCCCCCC)COP(=O)(O)OC[C@H](O)COP(=O)(O)OC[C@@H](COC(=O)CCCCCCCCCCCCCCC)OC(=O)CCCCCCCCCCCCCCCCC. The lowest BCUT2D eigenvalue weighted by Gasteiger charge is -2.21. The van der Waals surface area contributed by atoms with E-state index in [1.165, 1.54) is 180 Å². The molecule has 0 heterocycles. The highest BCUT2D eigenvalue weighted by molar-refractivity contribution is 7.47. The van der Waals surface area contributed by atoms with Crippen molar-refractivity contribution in [3.05, 3.63) is 60.8 Å². The molecule has 0 aromatic heterocycles. The molecule has 0 aliphatic carbocycles. The number of carbonyl (C=O) groups excluding carboxylic acids is 4.